The van der Waals surface area contributed by atoms with E-state index in [9.17, 15) is 25.0 Å². The van der Waals surface area contributed by atoms with Crippen LogP contribution < -0.4 is 14.9 Å². The van der Waals surface area contributed by atoms with Crippen LogP contribution in [0.25, 0.3) is 11.0 Å². The molecule has 0 atom stereocenters. The molecule has 0 aliphatic heterocycles. The summed E-state index contributed by atoms with van der Waals surface area (Å²) in [6.07, 6.45) is 1.39. The molecule has 0 aliphatic rings. The number of non-ortho nitro benzene ring substituents is 2. The highest BCUT2D eigenvalue weighted by Gasteiger charge is 2.15. The SMILES string of the molecule is COc1cc(/C=N/NC(=O)c2cc3cc([N+](=O)[O-])ccc3o2)cc(Br)c1OCc1ccc([N+](=O)[O-])cc1. The maximum absolute atomic E-state index is 12.4. The molecule has 12 nitrogen and oxygen atoms in total. The molecular weight excluding hydrogens is 552 g/mol. The van der Waals surface area contributed by atoms with Gasteiger partial charge in [0.25, 0.3) is 11.4 Å². The first-order valence-electron chi connectivity index (χ1n) is 10.5. The topological polar surface area (TPSA) is 159 Å². The summed E-state index contributed by atoms with van der Waals surface area (Å²) >= 11 is 3.43. The highest BCUT2D eigenvalue weighted by molar-refractivity contribution is 9.10. The average molecular weight is 569 g/mol. The fraction of sp³-hybridized carbons (Fsp3) is 0.0833. The summed E-state index contributed by atoms with van der Waals surface area (Å²) in [6.45, 7) is 0.150. The summed E-state index contributed by atoms with van der Waals surface area (Å²) in [5.74, 6) is 0.118. The van der Waals surface area contributed by atoms with Gasteiger partial charge < -0.3 is 13.9 Å². The number of methoxy groups -OCH3 is 1. The van der Waals surface area contributed by atoms with E-state index in [0.29, 0.717) is 32.5 Å². The Balaban J connectivity index is 1.43. The number of carbonyl (C=O) groups excluding carboxylic acids is 1. The zero-order valence-corrected chi connectivity index (χ0v) is 20.6. The lowest BCUT2D eigenvalue weighted by atomic mass is 10.2. The number of fused-ring (bicyclic) bond motifs is 1. The molecule has 0 radical (unpaired) electrons. The van der Waals surface area contributed by atoms with E-state index >= 15 is 0 Å². The molecule has 1 heterocycles. The minimum absolute atomic E-state index is 0.0115. The fourth-order valence-electron chi connectivity index (χ4n) is 3.30. The lowest BCUT2D eigenvalue weighted by molar-refractivity contribution is -0.385. The minimum atomic E-state index is -0.635. The summed E-state index contributed by atoms with van der Waals surface area (Å²) in [5.41, 5.74) is 3.86. The molecule has 4 rings (SSSR count). The molecule has 37 heavy (non-hydrogen) atoms. The summed E-state index contributed by atoms with van der Waals surface area (Å²) in [4.78, 5) is 33.1. The highest BCUT2D eigenvalue weighted by atomic mass is 79.9. The second-order valence-electron chi connectivity index (χ2n) is 7.54. The molecule has 1 N–H and O–H groups in total. The largest absolute Gasteiger partial charge is 0.493 e. The number of halogens is 1. The van der Waals surface area contributed by atoms with Crippen LogP contribution in [0.1, 0.15) is 21.7 Å². The van der Waals surface area contributed by atoms with Crippen LogP contribution in [0.15, 0.2) is 74.7 Å². The van der Waals surface area contributed by atoms with Gasteiger partial charge in [-0.15, -0.1) is 0 Å². The number of benzene rings is 3. The molecule has 0 fully saturated rings. The van der Waals surface area contributed by atoms with Crippen molar-refractivity contribution in [3.63, 3.8) is 0 Å². The molecule has 0 saturated carbocycles. The Labute approximate surface area is 216 Å². The van der Waals surface area contributed by atoms with Crippen molar-refractivity contribution in [1.29, 1.82) is 0 Å². The Morgan fingerprint density at radius 2 is 1.76 bits per heavy atom. The number of rotatable bonds is 9. The zero-order valence-electron chi connectivity index (χ0n) is 19.0. The first-order valence-corrected chi connectivity index (χ1v) is 11.3. The summed E-state index contributed by atoms with van der Waals surface area (Å²) in [5, 5.41) is 26.1. The molecule has 1 amide bonds. The lowest BCUT2D eigenvalue weighted by Crippen LogP contribution is -2.16. The number of hydrogen-bond acceptors (Lipinski definition) is 9. The standard InChI is InChI=1S/C24H17BrN4O8/c1-35-21-9-15(8-19(25)23(21)36-13-14-2-4-17(5-3-14)28(31)32)12-26-27-24(30)22-11-16-10-18(29(33)34)6-7-20(16)37-22/h2-12H,13H2,1H3,(H,27,30)/b26-12+. The second kappa shape index (κ2) is 10.9. The molecule has 13 heteroatoms. The van der Waals surface area contributed by atoms with Crippen LogP contribution in [0.2, 0.25) is 0 Å². The van der Waals surface area contributed by atoms with Gasteiger partial charge in [0.05, 0.1) is 27.6 Å². The predicted octanol–water partition coefficient (Wildman–Crippen LogP) is 5.36. The second-order valence-corrected chi connectivity index (χ2v) is 8.39. The zero-order chi connectivity index (χ0) is 26.5. The third-order valence-corrected chi connectivity index (χ3v) is 5.69. The van der Waals surface area contributed by atoms with Crippen molar-refractivity contribution in [2.45, 2.75) is 6.61 Å². The number of nitrogens with zero attached hydrogens (tertiary/aromatic N) is 3. The Kier molecular flexibility index (Phi) is 7.44. The van der Waals surface area contributed by atoms with Gasteiger partial charge in [0.15, 0.2) is 17.3 Å². The summed E-state index contributed by atoms with van der Waals surface area (Å²) < 4.78 is 17.2. The third kappa shape index (κ3) is 5.90. The van der Waals surface area contributed by atoms with Crippen LogP contribution in [-0.2, 0) is 6.61 Å². The molecule has 3 aromatic carbocycles. The number of furan rings is 1. The molecule has 4 aromatic rings. The average Bonchev–Trinajstić information content (AvgIpc) is 3.31. The van der Waals surface area contributed by atoms with Crippen LogP contribution in [0.3, 0.4) is 0 Å². The van der Waals surface area contributed by atoms with Gasteiger partial charge in [0.1, 0.15) is 12.2 Å². The molecule has 0 saturated heterocycles. The van der Waals surface area contributed by atoms with E-state index in [-0.39, 0.29) is 23.7 Å². The number of nitro benzene ring substituents is 2. The van der Waals surface area contributed by atoms with Crippen molar-refractivity contribution in [1.82, 2.24) is 5.43 Å². The van der Waals surface area contributed by atoms with E-state index in [1.807, 2.05) is 0 Å². The quantitative estimate of drug-likeness (QED) is 0.160. The van der Waals surface area contributed by atoms with Crippen LogP contribution >= 0.6 is 15.9 Å². The monoisotopic (exact) mass is 568 g/mol. The van der Waals surface area contributed by atoms with Crippen LogP contribution in [0.5, 0.6) is 11.5 Å². The number of carbonyl (C=O) groups is 1. The third-order valence-electron chi connectivity index (χ3n) is 5.10. The first kappa shape index (κ1) is 25.3. The fourth-order valence-corrected chi connectivity index (χ4v) is 3.87. The Morgan fingerprint density at radius 3 is 2.43 bits per heavy atom. The Bertz CT molecular complexity index is 1530. The number of amides is 1. The normalized spacial score (nSPS) is 11.0. The molecular formula is C24H17BrN4O8. The maximum Gasteiger partial charge on any atom is 0.307 e. The Hall–Kier alpha value is -4.78. The van der Waals surface area contributed by atoms with Crippen molar-refractivity contribution in [3.8, 4) is 11.5 Å². The number of hydrazone groups is 1. The van der Waals surface area contributed by atoms with Crippen molar-refractivity contribution < 1.29 is 28.5 Å². The van der Waals surface area contributed by atoms with E-state index in [2.05, 4.69) is 26.5 Å². The number of nitrogens with one attached hydrogen (secondary N) is 1. The van der Waals surface area contributed by atoms with E-state index in [1.165, 1.54) is 49.7 Å². The predicted molar refractivity (Wildman–Crippen MR) is 136 cm³/mol. The highest BCUT2D eigenvalue weighted by Crippen LogP contribution is 2.37. The van der Waals surface area contributed by atoms with Gasteiger partial charge >= 0.3 is 5.91 Å². The molecule has 188 valence electrons. The van der Waals surface area contributed by atoms with Crippen molar-refractivity contribution in [3.05, 3.63) is 102 Å². The van der Waals surface area contributed by atoms with Gasteiger partial charge in [-0.2, -0.15) is 5.10 Å². The van der Waals surface area contributed by atoms with Crippen molar-refractivity contribution in [2.75, 3.05) is 7.11 Å². The van der Waals surface area contributed by atoms with Gasteiger partial charge in [0.2, 0.25) is 0 Å². The van der Waals surface area contributed by atoms with E-state index in [4.69, 9.17) is 13.9 Å². The van der Waals surface area contributed by atoms with Gasteiger partial charge in [0, 0.05) is 29.7 Å². The van der Waals surface area contributed by atoms with E-state index in [1.54, 1.807) is 24.3 Å². The van der Waals surface area contributed by atoms with E-state index in [0.717, 1.165) is 5.56 Å². The Morgan fingerprint density at radius 1 is 1.05 bits per heavy atom. The minimum Gasteiger partial charge on any atom is -0.493 e. The van der Waals surface area contributed by atoms with Crippen molar-refractivity contribution >= 4 is 50.4 Å². The van der Waals surface area contributed by atoms with Gasteiger partial charge in [-0.3, -0.25) is 25.0 Å². The first-order chi connectivity index (χ1) is 17.7. The van der Waals surface area contributed by atoms with Gasteiger partial charge in [-0.25, -0.2) is 5.43 Å². The summed E-state index contributed by atoms with van der Waals surface area (Å²) in [6, 6.07) is 14.8. The molecule has 0 aliphatic carbocycles. The van der Waals surface area contributed by atoms with E-state index < -0.39 is 15.8 Å². The molecule has 0 spiro atoms. The number of ether oxygens (including phenoxy) is 2. The number of hydrogen-bond donors (Lipinski definition) is 1. The summed E-state index contributed by atoms with van der Waals surface area (Å²) in [7, 11) is 1.47. The van der Waals surface area contributed by atoms with Gasteiger partial charge in [-0.05, 0) is 63.5 Å². The van der Waals surface area contributed by atoms with Crippen LogP contribution in [0, 0.1) is 20.2 Å². The maximum atomic E-state index is 12.4. The molecule has 1 aromatic heterocycles. The molecule has 0 bridgehead atoms. The van der Waals surface area contributed by atoms with Gasteiger partial charge in [-0.1, -0.05) is 0 Å². The molecule has 0 unspecified atom stereocenters. The lowest BCUT2D eigenvalue weighted by Gasteiger charge is -2.13. The smallest absolute Gasteiger partial charge is 0.307 e. The van der Waals surface area contributed by atoms with Crippen molar-refractivity contribution in [2.24, 2.45) is 5.10 Å². The van der Waals surface area contributed by atoms with Crippen LogP contribution in [-0.4, -0.2) is 29.1 Å². The van der Waals surface area contributed by atoms with Crippen LogP contribution in [0.4, 0.5) is 11.4 Å². The number of nitro groups is 2.